The van der Waals surface area contributed by atoms with Gasteiger partial charge >= 0.3 is 0 Å². The summed E-state index contributed by atoms with van der Waals surface area (Å²) in [5.41, 5.74) is 1.63. The van der Waals surface area contributed by atoms with Gasteiger partial charge in [0.05, 0.1) is 0 Å². The number of hydrogen-bond acceptors (Lipinski definition) is 4. The molecule has 0 atom stereocenters. The van der Waals surface area contributed by atoms with Crippen LogP contribution >= 0.6 is 23.4 Å². The van der Waals surface area contributed by atoms with Gasteiger partial charge in [-0.1, -0.05) is 23.4 Å². The first kappa shape index (κ1) is 13.8. The highest BCUT2D eigenvalue weighted by Crippen LogP contribution is 2.31. The predicted octanol–water partition coefficient (Wildman–Crippen LogP) is 3.55. The molecule has 4 nitrogen and oxygen atoms in total. The topological polar surface area (TPSA) is 54.9 Å². The van der Waals surface area contributed by atoms with Crippen LogP contribution in [0.15, 0.2) is 40.5 Å². The van der Waals surface area contributed by atoms with Crippen LogP contribution in [0.5, 0.6) is 0 Å². The summed E-state index contributed by atoms with van der Waals surface area (Å²) >= 11 is 7.46. The predicted molar refractivity (Wildman–Crippen MR) is 76.6 cm³/mol. The molecule has 6 heteroatoms. The first-order chi connectivity index (χ1) is 9.06. The van der Waals surface area contributed by atoms with Crippen LogP contribution in [0, 0.1) is 6.92 Å². The van der Waals surface area contributed by atoms with Crippen molar-refractivity contribution in [2.45, 2.75) is 23.8 Å². The Morgan fingerprint density at radius 2 is 1.95 bits per heavy atom. The Labute approximate surface area is 120 Å². The minimum atomic E-state index is -0.0844. The van der Waals surface area contributed by atoms with Gasteiger partial charge in [0.15, 0.2) is 0 Å². The molecule has 0 unspecified atom stereocenters. The Morgan fingerprint density at radius 1 is 1.26 bits per heavy atom. The molecule has 0 aliphatic carbocycles. The van der Waals surface area contributed by atoms with E-state index < -0.39 is 0 Å². The van der Waals surface area contributed by atoms with Crippen molar-refractivity contribution in [3.63, 3.8) is 0 Å². The molecule has 2 rings (SSSR count). The smallest absolute Gasteiger partial charge is 0.221 e. The van der Waals surface area contributed by atoms with Gasteiger partial charge in [0.25, 0.3) is 0 Å². The number of carbonyl (C=O) groups excluding carboxylic acids is 1. The molecule has 0 radical (unpaired) electrons. The van der Waals surface area contributed by atoms with Gasteiger partial charge < -0.3 is 5.32 Å². The zero-order valence-corrected chi connectivity index (χ0v) is 12.0. The quantitative estimate of drug-likeness (QED) is 0.879. The molecule has 2 aromatic rings. The number of hydrogen-bond donors (Lipinski definition) is 1. The van der Waals surface area contributed by atoms with Crippen LogP contribution in [-0.4, -0.2) is 15.9 Å². The fourth-order valence-electron chi connectivity index (χ4n) is 1.44. The molecule has 0 bridgehead atoms. The third-order valence-electron chi connectivity index (χ3n) is 2.37. The van der Waals surface area contributed by atoms with Crippen LogP contribution in [0.3, 0.4) is 0 Å². The van der Waals surface area contributed by atoms with E-state index in [0.29, 0.717) is 5.15 Å². The minimum Gasteiger partial charge on any atom is -0.326 e. The molecule has 1 aromatic heterocycles. The average Bonchev–Trinajstić information content (AvgIpc) is 2.37. The molecule has 1 heterocycles. The highest BCUT2D eigenvalue weighted by Gasteiger charge is 2.07. The highest BCUT2D eigenvalue weighted by molar-refractivity contribution is 7.99. The molecule has 1 amide bonds. The maximum Gasteiger partial charge on any atom is 0.221 e. The molecule has 0 spiro atoms. The van der Waals surface area contributed by atoms with Gasteiger partial charge in [-0.25, -0.2) is 9.97 Å². The number of anilines is 1. The molecule has 1 N–H and O–H groups in total. The van der Waals surface area contributed by atoms with Crippen molar-refractivity contribution in [3.8, 4) is 0 Å². The van der Waals surface area contributed by atoms with Gasteiger partial charge in [-0.2, -0.15) is 0 Å². The van der Waals surface area contributed by atoms with Crippen LogP contribution in [0.2, 0.25) is 5.15 Å². The second-order valence-electron chi connectivity index (χ2n) is 3.90. The largest absolute Gasteiger partial charge is 0.326 e. The lowest BCUT2D eigenvalue weighted by Gasteiger charge is -2.06. The average molecular weight is 294 g/mol. The summed E-state index contributed by atoms with van der Waals surface area (Å²) in [7, 11) is 0. The first-order valence-corrected chi connectivity index (χ1v) is 6.78. The summed E-state index contributed by atoms with van der Waals surface area (Å²) in [5, 5.41) is 4.01. The summed E-state index contributed by atoms with van der Waals surface area (Å²) in [4.78, 5) is 20.1. The molecule has 19 heavy (non-hydrogen) atoms. The van der Waals surface area contributed by atoms with Crippen LogP contribution in [0.25, 0.3) is 0 Å². The number of aromatic nitrogens is 2. The Morgan fingerprint density at radius 3 is 2.58 bits per heavy atom. The van der Waals surface area contributed by atoms with Crippen LogP contribution in [0.4, 0.5) is 5.69 Å². The third kappa shape index (κ3) is 3.68. The SMILES string of the molecule is CC(=O)Nc1ccc(Sc2ncnc(Cl)c2C)cc1. The molecule has 0 saturated carbocycles. The highest BCUT2D eigenvalue weighted by atomic mass is 35.5. The second-order valence-corrected chi connectivity index (χ2v) is 5.32. The van der Waals surface area contributed by atoms with E-state index in [0.717, 1.165) is 21.2 Å². The minimum absolute atomic E-state index is 0.0844. The number of rotatable bonds is 3. The first-order valence-electron chi connectivity index (χ1n) is 5.59. The summed E-state index contributed by atoms with van der Waals surface area (Å²) in [6.07, 6.45) is 1.45. The Kier molecular flexibility index (Phi) is 4.39. The lowest BCUT2D eigenvalue weighted by Crippen LogP contribution is -2.05. The third-order valence-corrected chi connectivity index (χ3v) is 3.86. The van der Waals surface area contributed by atoms with E-state index in [4.69, 9.17) is 11.6 Å². The van der Waals surface area contributed by atoms with Crippen molar-refractivity contribution in [1.29, 1.82) is 0 Å². The van der Waals surface area contributed by atoms with Gasteiger partial charge in [0.1, 0.15) is 16.5 Å². The Hall–Kier alpha value is -1.59. The Balaban J connectivity index is 2.15. The molecular weight excluding hydrogens is 282 g/mol. The van der Waals surface area contributed by atoms with Crippen molar-refractivity contribution >= 4 is 35.0 Å². The summed E-state index contributed by atoms with van der Waals surface area (Å²) in [6, 6.07) is 7.54. The number of benzene rings is 1. The van der Waals surface area contributed by atoms with Crippen molar-refractivity contribution in [1.82, 2.24) is 9.97 Å². The van der Waals surface area contributed by atoms with E-state index in [9.17, 15) is 4.79 Å². The zero-order chi connectivity index (χ0) is 13.8. The van der Waals surface area contributed by atoms with Crippen LogP contribution in [0.1, 0.15) is 12.5 Å². The van der Waals surface area contributed by atoms with Crippen molar-refractivity contribution < 1.29 is 4.79 Å². The summed E-state index contributed by atoms with van der Waals surface area (Å²) in [5.74, 6) is -0.0844. The molecule has 0 aliphatic heterocycles. The number of halogens is 1. The van der Waals surface area contributed by atoms with Crippen LogP contribution in [-0.2, 0) is 4.79 Å². The van der Waals surface area contributed by atoms with Crippen molar-refractivity contribution in [3.05, 3.63) is 41.3 Å². The molecule has 0 aliphatic rings. The van der Waals surface area contributed by atoms with Crippen molar-refractivity contribution in [2.24, 2.45) is 0 Å². The monoisotopic (exact) mass is 293 g/mol. The lowest BCUT2D eigenvalue weighted by molar-refractivity contribution is -0.114. The van der Waals surface area contributed by atoms with Gasteiger partial charge in [-0.05, 0) is 31.2 Å². The fourth-order valence-corrected chi connectivity index (χ4v) is 2.47. The van der Waals surface area contributed by atoms with Crippen LogP contribution < -0.4 is 5.32 Å². The van der Waals surface area contributed by atoms with E-state index in [1.165, 1.54) is 25.0 Å². The maximum absolute atomic E-state index is 10.9. The number of nitrogens with one attached hydrogen (secondary N) is 1. The molecule has 0 fully saturated rings. The van der Waals surface area contributed by atoms with Crippen molar-refractivity contribution in [2.75, 3.05) is 5.32 Å². The normalized spacial score (nSPS) is 10.3. The second kappa shape index (κ2) is 6.04. The van der Waals surface area contributed by atoms with Gasteiger partial charge in [0.2, 0.25) is 5.91 Å². The zero-order valence-electron chi connectivity index (χ0n) is 10.5. The van der Waals surface area contributed by atoms with Gasteiger partial charge in [-0.15, -0.1) is 0 Å². The molecule has 1 aromatic carbocycles. The number of carbonyl (C=O) groups is 1. The number of nitrogens with zero attached hydrogens (tertiary/aromatic N) is 2. The fraction of sp³-hybridized carbons (Fsp3) is 0.154. The lowest BCUT2D eigenvalue weighted by atomic mass is 10.3. The molecule has 0 saturated heterocycles. The van der Waals surface area contributed by atoms with Gasteiger partial charge in [-0.3, -0.25) is 4.79 Å². The van der Waals surface area contributed by atoms with Gasteiger partial charge in [0, 0.05) is 23.1 Å². The summed E-state index contributed by atoms with van der Waals surface area (Å²) < 4.78 is 0. The molecule has 98 valence electrons. The summed E-state index contributed by atoms with van der Waals surface area (Å²) in [6.45, 7) is 3.37. The maximum atomic E-state index is 10.9. The Bertz CT molecular complexity index is 601. The van der Waals surface area contributed by atoms with E-state index in [2.05, 4.69) is 15.3 Å². The molecular formula is C13H12ClN3OS. The van der Waals surface area contributed by atoms with E-state index in [1.807, 2.05) is 31.2 Å². The standard InChI is InChI=1S/C13H12ClN3OS/c1-8-12(14)15-7-16-13(8)19-11-5-3-10(4-6-11)17-9(2)18/h3-7H,1-2H3,(H,17,18). The number of amides is 1. The van der Waals surface area contributed by atoms with E-state index >= 15 is 0 Å². The van der Waals surface area contributed by atoms with E-state index in [1.54, 1.807) is 0 Å². The van der Waals surface area contributed by atoms with E-state index in [-0.39, 0.29) is 5.91 Å².